The van der Waals surface area contributed by atoms with E-state index in [1.807, 2.05) is 13.8 Å². The minimum absolute atomic E-state index is 0.0393. The molecule has 0 aliphatic carbocycles. The fourth-order valence-electron chi connectivity index (χ4n) is 2.66. The van der Waals surface area contributed by atoms with Gasteiger partial charge in [0.2, 0.25) is 0 Å². The maximum absolute atomic E-state index is 13.8. The Morgan fingerprint density at radius 1 is 1.35 bits per heavy atom. The van der Waals surface area contributed by atoms with Crippen LogP contribution < -0.4 is 5.32 Å². The van der Waals surface area contributed by atoms with E-state index in [0.717, 1.165) is 0 Å². The highest BCUT2D eigenvalue weighted by Gasteiger charge is 2.29. The Balaban J connectivity index is 2.12. The lowest BCUT2D eigenvalue weighted by atomic mass is 10.1. The number of hydrogen-bond donors (Lipinski definition) is 1. The predicted molar refractivity (Wildman–Crippen MR) is 89.5 cm³/mol. The van der Waals surface area contributed by atoms with Crippen molar-refractivity contribution in [3.05, 3.63) is 35.1 Å². The molecule has 7 heteroatoms. The number of halogens is 3. The lowest BCUT2D eigenvalue weighted by Crippen LogP contribution is -2.52. The molecule has 1 N–H and O–H groups in total. The van der Waals surface area contributed by atoms with Crippen molar-refractivity contribution in [2.75, 3.05) is 13.1 Å². The third kappa shape index (κ3) is 4.72. The number of rotatable bonds is 3. The number of urea groups is 1. The lowest BCUT2D eigenvalue weighted by Gasteiger charge is -2.36. The molecule has 3 atom stereocenters. The normalized spacial score (nSPS) is 23.0. The Morgan fingerprint density at radius 3 is 2.48 bits per heavy atom. The first-order valence-electron chi connectivity index (χ1n) is 7.53. The summed E-state index contributed by atoms with van der Waals surface area (Å²) >= 11 is 12.0. The third-order valence-corrected chi connectivity index (χ3v) is 4.30. The minimum atomic E-state index is -0.892. The number of carbonyl (C=O) groups is 1. The maximum atomic E-state index is 13.8. The molecule has 0 spiro atoms. The number of aryl methyl sites for hydroxylation is 1. The Bertz CT molecular complexity index is 561. The van der Waals surface area contributed by atoms with Crippen molar-refractivity contribution in [2.45, 2.75) is 43.9 Å². The van der Waals surface area contributed by atoms with Gasteiger partial charge in [0, 0.05) is 13.1 Å². The molecule has 2 amide bonds. The van der Waals surface area contributed by atoms with Gasteiger partial charge in [-0.1, -0.05) is 12.1 Å². The van der Waals surface area contributed by atoms with Crippen molar-refractivity contribution in [2.24, 2.45) is 0 Å². The van der Waals surface area contributed by atoms with Crippen LogP contribution in [0.5, 0.6) is 0 Å². The number of morpholine rings is 1. The average molecular weight is 363 g/mol. The van der Waals surface area contributed by atoms with Crippen molar-refractivity contribution in [3.63, 3.8) is 0 Å². The van der Waals surface area contributed by atoms with Gasteiger partial charge in [0.05, 0.1) is 18.2 Å². The molecule has 1 aromatic carbocycles. The standard InChI is InChI=1S/C16H21Cl2FN2O2/c1-9-4-5-12(6-13(9)19)14(15(17)18)20-16(22)21-7-10(2)23-11(3)8-21/h4-6,10-11,14-15H,7-8H2,1-3H3,(H,20,22)/t10-,11-,14+/m0/s1. The van der Waals surface area contributed by atoms with Crippen molar-refractivity contribution in [1.29, 1.82) is 0 Å². The molecule has 0 radical (unpaired) electrons. The first-order chi connectivity index (χ1) is 10.8. The molecule has 1 fully saturated rings. The second-order valence-electron chi connectivity index (χ2n) is 5.93. The zero-order valence-electron chi connectivity index (χ0n) is 13.4. The first kappa shape index (κ1) is 18.3. The Kier molecular flexibility index (Phi) is 6.12. The van der Waals surface area contributed by atoms with Crippen molar-refractivity contribution >= 4 is 29.2 Å². The average Bonchev–Trinajstić information content (AvgIpc) is 2.46. The zero-order valence-corrected chi connectivity index (χ0v) is 14.9. The Hall–Kier alpha value is -1.04. The molecule has 1 aliphatic rings. The molecular weight excluding hydrogens is 342 g/mol. The number of amides is 2. The van der Waals surface area contributed by atoms with E-state index >= 15 is 0 Å². The highest BCUT2D eigenvalue weighted by molar-refractivity contribution is 6.44. The van der Waals surface area contributed by atoms with E-state index in [0.29, 0.717) is 24.2 Å². The van der Waals surface area contributed by atoms with Crippen LogP contribution in [0.15, 0.2) is 18.2 Å². The molecule has 1 saturated heterocycles. The summed E-state index contributed by atoms with van der Waals surface area (Å²) in [6.07, 6.45) is -0.0786. The van der Waals surface area contributed by atoms with Crippen LogP contribution in [-0.4, -0.2) is 41.1 Å². The second kappa shape index (κ2) is 7.69. The van der Waals surface area contributed by atoms with E-state index in [1.54, 1.807) is 24.0 Å². The van der Waals surface area contributed by atoms with Gasteiger partial charge in [-0.05, 0) is 38.0 Å². The van der Waals surface area contributed by atoms with Crippen molar-refractivity contribution < 1.29 is 13.9 Å². The smallest absolute Gasteiger partial charge is 0.318 e. The highest BCUT2D eigenvalue weighted by atomic mass is 35.5. The van der Waals surface area contributed by atoms with E-state index in [4.69, 9.17) is 27.9 Å². The van der Waals surface area contributed by atoms with Crippen LogP contribution in [0.2, 0.25) is 0 Å². The molecule has 0 aromatic heterocycles. The van der Waals surface area contributed by atoms with Gasteiger partial charge in [-0.25, -0.2) is 9.18 Å². The number of carbonyl (C=O) groups excluding carboxylic acids is 1. The summed E-state index contributed by atoms with van der Waals surface area (Å²) in [6.45, 7) is 6.46. The summed E-state index contributed by atoms with van der Waals surface area (Å²) in [5, 5.41) is 2.79. The molecule has 4 nitrogen and oxygen atoms in total. The predicted octanol–water partition coefficient (Wildman–Crippen LogP) is 3.80. The van der Waals surface area contributed by atoms with Crippen LogP contribution in [-0.2, 0) is 4.74 Å². The molecule has 0 unspecified atom stereocenters. The van der Waals surface area contributed by atoms with Crippen molar-refractivity contribution in [1.82, 2.24) is 10.2 Å². The second-order valence-corrected chi connectivity index (χ2v) is 7.10. The van der Waals surface area contributed by atoms with E-state index in [9.17, 15) is 9.18 Å². The molecular formula is C16H21Cl2FN2O2. The number of alkyl halides is 2. The minimum Gasteiger partial charge on any atom is -0.372 e. The van der Waals surface area contributed by atoms with Gasteiger partial charge in [-0.3, -0.25) is 0 Å². The van der Waals surface area contributed by atoms with Gasteiger partial charge in [0.1, 0.15) is 10.7 Å². The van der Waals surface area contributed by atoms with E-state index in [-0.39, 0.29) is 24.1 Å². The fraction of sp³-hybridized carbons (Fsp3) is 0.562. The zero-order chi connectivity index (χ0) is 17.1. The molecule has 2 rings (SSSR count). The Morgan fingerprint density at radius 2 is 1.96 bits per heavy atom. The summed E-state index contributed by atoms with van der Waals surface area (Å²) in [5.74, 6) is -0.357. The summed E-state index contributed by atoms with van der Waals surface area (Å²) in [4.78, 5) is 13.2. The van der Waals surface area contributed by atoms with Gasteiger partial charge in [-0.2, -0.15) is 0 Å². The van der Waals surface area contributed by atoms with E-state index < -0.39 is 10.9 Å². The van der Waals surface area contributed by atoms with Crippen molar-refractivity contribution in [3.8, 4) is 0 Å². The van der Waals surface area contributed by atoms with E-state index in [1.165, 1.54) is 6.07 Å². The number of benzene rings is 1. The monoisotopic (exact) mass is 362 g/mol. The van der Waals surface area contributed by atoms with Crippen LogP contribution in [0, 0.1) is 12.7 Å². The molecule has 1 aromatic rings. The highest BCUT2D eigenvalue weighted by Crippen LogP contribution is 2.26. The van der Waals surface area contributed by atoms with Crippen LogP contribution in [0.25, 0.3) is 0 Å². The topological polar surface area (TPSA) is 41.6 Å². The number of hydrogen-bond acceptors (Lipinski definition) is 2. The molecule has 1 aliphatic heterocycles. The van der Waals surface area contributed by atoms with Gasteiger partial charge < -0.3 is 15.0 Å². The summed E-state index contributed by atoms with van der Waals surface area (Å²) in [7, 11) is 0. The summed E-state index contributed by atoms with van der Waals surface area (Å²) in [6, 6.07) is 3.73. The molecule has 23 heavy (non-hydrogen) atoms. The molecule has 0 bridgehead atoms. The van der Waals surface area contributed by atoms with Gasteiger partial charge >= 0.3 is 6.03 Å². The molecule has 0 saturated carbocycles. The number of ether oxygens (including phenoxy) is 1. The summed E-state index contributed by atoms with van der Waals surface area (Å²) < 4.78 is 19.4. The first-order valence-corrected chi connectivity index (χ1v) is 8.40. The van der Waals surface area contributed by atoms with E-state index in [2.05, 4.69) is 5.32 Å². The SMILES string of the molecule is Cc1ccc([C@@H](NC(=O)N2C[C@H](C)O[C@@H](C)C2)C(Cl)Cl)cc1F. The maximum Gasteiger partial charge on any atom is 0.318 e. The van der Waals surface area contributed by atoms with Crippen LogP contribution in [0.3, 0.4) is 0 Å². The fourth-order valence-corrected chi connectivity index (χ4v) is 3.08. The third-order valence-electron chi connectivity index (χ3n) is 3.79. The van der Waals surface area contributed by atoms with Crippen LogP contribution >= 0.6 is 23.2 Å². The van der Waals surface area contributed by atoms with Gasteiger partial charge in [0.15, 0.2) is 0 Å². The number of nitrogens with one attached hydrogen (secondary N) is 1. The Labute approximate surface area is 145 Å². The molecule has 128 valence electrons. The van der Waals surface area contributed by atoms with Gasteiger partial charge in [0.25, 0.3) is 0 Å². The van der Waals surface area contributed by atoms with Crippen LogP contribution in [0.4, 0.5) is 9.18 Å². The lowest BCUT2D eigenvalue weighted by molar-refractivity contribution is -0.0547. The quantitative estimate of drug-likeness (QED) is 0.830. The summed E-state index contributed by atoms with van der Waals surface area (Å²) in [5.41, 5.74) is 1.06. The number of nitrogens with zero attached hydrogens (tertiary/aromatic N) is 1. The molecule has 1 heterocycles. The van der Waals surface area contributed by atoms with Gasteiger partial charge in [-0.15, -0.1) is 23.2 Å². The van der Waals surface area contributed by atoms with Crippen LogP contribution in [0.1, 0.15) is 31.0 Å². The largest absolute Gasteiger partial charge is 0.372 e.